The number of rotatable bonds is 4. The van der Waals surface area contributed by atoms with Gasteiger partial charge < -0.3 is 15.4 Å². The van der Waals surface area contributed by atoms with Gasteiger partial charge in [-0.25, -0.2) is 9.18 Å². The summed E-state index contributed by atoms with van der Waals surface area (Å²) in [6, 6.07) is 6.13. The average molecular weight is 351 g/mol. The van der Waals surface area contributed by atoms with Gasteiger partial charge in [-0.3, -0.25) is 9.69 Å². The zero-order valence-electron chi connectivity index (χ0n) is 15.0. The van der Waals surface area contributed by atoms with Crippen LogP contribution in [0.25, 0.3) is 0 Å². The van der Waals surface area contributed by atoms with Crippen LogP contribution in [0, 0.1) is 5.82 Å². The number of anilines is 1. The first kappa shape index (κ1) is 19.2. The highest BCUT2D eigenvalue weighted by Gasteiger charge is 2.24. The molecule has 6 nitrogen and oxygen atoms in total. The molecule has 1 heterocycles. The van der Waals surface area contributed by atoms with Crippen LogP contribution in [0.2, 0.25) is 0 Å². The summed E-state index contributed by atoms with van der Waals surface area (Å²) in [5.74, 6) is -0.695. The van der Waals surface area contributed by atoms with E-state index in [1.165, 1.54) is 12.1 Å². The number of hydrogen-bond donors (Lipinski definition) is 2. The molecule has 1 aliphatic heterocycles. The summed E-state index contributed by atoms with van der Waals surface area (Å²) >= 11 is 0. The molecular formula is C18H26FN3O3. The first-order valence-corrected chi connectivity index (χ1v) is 8.49. The van der Waals surface area contributed by atoms with Crippen LogP contribution in [0.4, 0.5) is 14.9 Å². The van der Waals surface area contributed by atoms with Crippen LogP contribution in [0.1, 0.15) is 33.6 Å². The van der Waals surface area contributed by atoms with Crippen LogP contribution in [0.5, 0.6) is 0 Å². The van der Waals surface area contributed by atoms with Gasteiger partial charge in [0.25, 0.3) is 0 Å². The van der Waals surface area contributed by atoms with Crippen LogP contribution in [0.15, 0.2) is 24.3 Å². The molecule has 7 heteroatoms. The van der Waals surface area contributed by atoms with Crippen LogP contribution < -0.4 is 10.6 Å². The summed E-state index contributed by atoms with van der Waals surface area (Å²) in [5.41, 5.74) is -0.329. The van der Waals surface area contributed by atoms with Gasteiger partial charge in [-0.15, -0.1) is 0 Å². The van der Waals surface area contributed by atoms with Gasteiger partial charge in [-0.05, 0) is 45.7 Å². The number of carbonyl (C=O) groups is 2. The van der Waals surface area contributed by atoms with E-state index in [0.717, 1.165) is 12.8 Å². The van der Waals surface area contributed by atoms with Gasteiger partial charge in [-0.1, -0.05) is 12.1 Å². The second kappa shape index (κ2) is 8.29. The number of nitrogens with zero attached hydrogens (tertiary/aromatic N) is 1. The number of nitrogens with one attached hydrogen (secondary N) is 2. The molecule has 0 saturated carbocycles. The minimum Gasteiger partial charge on any atom is -0.444 e. The fraction of sp³-hybridized carbons (Fsp3) is 0.556. The summed E-state index contributed by atoms with van der Waals surface area (Å²) in [6.45, 7) is 7.04. The predicted octanol–water partition coefficient (Wildman–Crippen LogP) is 2.75. The zero-order chi connectivity index (χ0) is 18.4. The maximum absolute atomic E-state index is 13.5. The largest absolute Gasteiger partial charge is 0.444 e. The summed E-state index contributed by atoms with van der Waals surface area (Å²) in [4.78, 5) is 25.8. The second-order valence-electron chi connectivity index (χ2n) is 7.22. The number of hydrogen-bond acceptors (Lipinski definition) is 4. The molecule has 1 fully saturated rings. The number of piperidine rings is 1. The molecule has 0 bridgehead atoms. The van der Waals surface area contributed by atoms with Gasteiger partial charge in [0.1, 0.15) is 11.4 Å². The molecule has 2 amide bonds. The van der Waals surface area contributed by atoms with E-state index in [9.17, 15) is 14.0 Å². The Balaban J connectivity index is 1.72. The maximum Gasteiger partial charge on any atom is 0.407 e. The van der Waals surface area contributed by atoms with E-state index in [4.69, 9.17) is 4.74 Å². The smallest absolute Gasteiger partial charge is 0.407 e. The lowest BCUT2D eigenvalue weighted by atomic mass is 10.1. The molecule has 0 radical (unpaired) electrons. The number of alkyl carbamates (subject to hydrolysis) is 1. The van der Waals surface area contributed by atoms with Crippen LogP contribution in [0.3, 0.4) is 0 Å². The summed E-state index contributed by atoms with van der Waals surface area (Å²) in [7, 11) is 0. The fourth-order valence-electron chi connectivity index (χ4n) is 2.67. The predicted molar refractivity (Wildman–Crippen MR) is 93.9 cm³/mol. The van der Waals surface area contributed by atoms with Crippen molar-refractivity contribution >= 4 is 17.7 Å². The Morgan fingerprint density at radius 1 is 1.24 bits per heavy atom. The van der Waals surface area contributed by atoms with Crippen LogP contribution >= 0.6 is 0 Å². The lowest BCUT2D eigenvalue weighted by molar-refractivity contribution is -0.117. The van der Waals surface area contributed by atoms with Gasteiger partial charge in [0, 0.05) is 19.1 Å². The van der Waals surface area contributed by atoms with Gasteiger partial charge in [0.2, 0.25) is 5.91 Å². The highest BCUT2D eigenvalue weighted by Crippen LogP contribution is 2.14. The SMILES string of the molecule is CC(C)(C)OC(=O)NC1CCN(CC(=O)Nc2ccccc2F)CC1. The van der Waals surface area contributed by atoms with Crippen molar-refractivity contribution in [3.05, 3.63) is 30.1 Å². The second-order valence-corrected chi connectivity index (χ2v) is 7.22. The molecular weight excluding hydrogens is 325 g/mol. The molecule has 1 saturated heterocycles. The Morgan fingerprint density at radius 2 is 1.88 bits per heavy atom. The van der Waals surface area contributed by atoms with Crippen molar-refractivity contribution in [1.29, 1.82) is 0 Å². The monoisotopic (exact) mass is 351 g/mol. The molecule has 0 unspecified atom stereocenters. The molecule has 1 aromatic rings. The first-order valence-electron chi connectivity index (χ1n) is 8.49. The van der Waals surface area contributed by atoms with E-state index in [1.54, 1.807) is 12.1 Å². The van der Waals surface area contributed by atoms with E-state index in [2.05, 4.69) is 10.6 Å². The first-order chi connectivity index (χ1) is 11.7. The number of likely N-dealkylation sites (tertiary alicyclic amines) is 1. The van der Waals surface area contributed by atoms with E-state index >= 15 is 0 Å². The molecule has 0 aromatic heterocycles. The van der Waals surface area contributed by atoms with E-state index < -0.39 is 17.5 Å². The summed E-state index contributed by atoms with van der Waals surface area (Å²) in [5, 5.41) is 5.44. The highest BCUT2D eigenvalue weighted by atomic mass is 19.1. The van der Waals surface area contributed by atoms with Crippen molar-refractivity contribution in [2.24, 2.45) is 0 Å². The molecule has 25 heavy (non-hydrogen) atoms. The van der Waals surface area contributed by atoms with Crippen LogP contribution in [-0.2, 0) is 9.53 Å². The van der Waals surface area contributed by atoms with Gasteiger partial charge in [0.05, 0.1) is 12.2 Å². The quantitative estimate of drug-likeness (QED) is 0.875. The third-order valence-electron chi connectivity index (χ3n) is 3.82. The molecule has 0 aliphatic carbocycles. The molecule has 1 aromatic carbocycles. The number of carbonyl (C=O) groups excluding carboxylic acids is 2. The fourth-order valence-corrected chi connectivity index (χ4v) is 2.67. The number of para-hydroxylation sites is 1. The summed E-state index contributed by atoms with van der Waals surface area (Å²) < 4.78 is 18.8. The number of halogens is 1. The Kier molecular flexibility index (Phi) is 6.36. The van der Waals surface area contributed by atoms with E-state index in [-0.39, 0.29) is 24.2 Å². The van der Waals surface area contributed by atoms with Gasteiger partial charge in [-0.2, -0.15) is 0 Å². The van der Waals surface area contributed by atoms with Crippen molar-refractivity contribution < 1.29 is 18.7 Å². The Labute approximate surface area is 147 Å². The minimum atomic E-state index is -0.518. The van der Waals surface area contributed by atoms with Gasteiger partial charge in [0.15, 0.2) is 0 Å². The van der Waals surface area contributed by atoms with Crippen molar-refractivity contribution in [2.45, 2.75) is 45.3 Å². The van der Waals surface area contributed by atoms with Gasteiger partial charge >= 0.3 is 6.09 Å². The maximum atomic E-state index is 13.5. The zero-order valence-corrected chi connectivity index (χ0v) is 15.0. The number of ether oxygens (including phenoxy) is 1. The van der Waals surface area contributed by atoms with Crippen LogP contribution in [-0.4, -0.2) is 48.2 Å². The molecule has 2 N–H and O–H groups in total. The Bertz CT molecular complexity index is 608. The van der Waals surface area contributed by atoms with E-state index in [1.807, 2.05) is 25.7 Å². The summed E-state index contributed by atoms with van der Waals surface area (Å²) in [6.07, 6.45) is 1.07. The molecule has 2 rings (SSSR count). The number of benzene rings is 1. The molecule has 0 spiro atoms. The lowest BCUT2D eigenvalue weighted by Crippen LogP contribution is -2.47. The third kappa shape index (κ3) is 6.70. The van der Waals surface area contributed by atoms with Crippen molar-refractivity contribution in [2.75, 3.05) is 25.0 Å². The minimum absolute atomic E-state index is 0.0423. The third-order valence-corrected chi connectivity index (χ3v) is 3.82. The Morgan fingerprint density at radius 3 is 2.48 bits per heavy atom. The highest BCUT2D eigenvalue weighted by molar-refractivity contribution is 5.92. The van der Waals surface area contributed by atoms with Crippen molar-refractivity contribution in [3.63, 3.8) is 0 Å². The van der Waals surface area contributed by atoms with E-state index in [0.29, 0.717) is 13.1 Å². The average Bonchev–Trinajstić information content (AvgIpc) is 2.49. The normalized spacial score (nSPS) is 16.3. The lowest BCUT2D eigenvalue weighted by Gasteiger charge is -2.32. The molecule has 1 aliphatic rings. The Hall–Kier alpha value is -2.15. The molecule has 0 atom stereocenters. The standard InChI is InChI=1S/C18H26FN3O3/c1-18(2,3)25-17(24)20-13-8-10-22(11-9-13)12-16(23)21-15-7-5-4-6-14(15)19/h4-7,13H,8-12H2,1-3H3,(H,20,24)(H,21,23). The van der Waals surface area contributed by atoms with Crippen molar-refractivity contribution in [1.82, 2.24) is 10.2 Å². The topological polar surface area (TPSA) is 70.7 Å². The molecule has 138 valence electrons. The van der Waals surface area contributed by atoms with Crippen molar-refractivity contribution in [3.8, 4) is 0 Å². The number of amides is 2.